The normalized spacial score (nSPS) is 15.0. The molecule has 0 aliphatic heterocycles. The van der Waals surface area contributed by atoms with Crippen LogP contribution in [0.25, 0.3) is 0 Å². The minimum absolute atomic E-state index is 0.0107. The van der Waals surface area contributed by atoms with Gasteiger partial charge in [0, 0.05) is 12.8 Å². The fourth-order valence-electron chi connectivity index (χ4n) is 4.15. The summed E-state index contributed by atoms with van der Waals surface area (Å²) in [5.41, 5.74) is 3.22. The van der Waals surface area contributed by atoms with E-state index in [1.54, 1.807) is 19.1 Å². The molecule has 10 nitrogen and oxygen atoms in total. The first kappa shape index (κ1) is 36.6. The minimum Gasteiger partial charge on any atom is -0.493 e. The Morgan fingerprint density at radius 2 is 1.80 bits per heavy atom. The fourth-order valence-corrected chi connectivity index (χ4v) is 4.49. The zero-order valence-electron chi connectivity index (χ0n) is 26.1. The van der Waals surface area contributed by atoms with Crippen LogP contribution in [0.3, 0.4) is 0 Å². The average Bonchev–Trinajstić information content (AvgIpc) is 2.88. The van der Waals surface area contributed by atoms with Crippen LogP contribution in [0.15, 0.2) is 23.8 Å². The summed E-state index contributed by atoms with van der Waals surface area (Å²) >= 11 is 0. The molecule has 0 spiro atoms. The molecule has 4 atom stereocenters. The van der Waals surface area contributed by atoms with Crippen molar-refractivity contribution in [3.63, 3.8) is 0 Å². The smallest absolute Gasteiger partial charge is 0.227 e. The molecule has 1 rings (SSSR count). The number of benzene rings is 1. The van der Waals surface area contributed by atoms with E-state index >= 15 is 0 Å². The van der Waals surface area contributed by atoms with Crippen LogP contribution in [0.2, 0.25) is 0 Å². The number of carbonyl (C=O) groups excluding carboxylic acids is 2. The lowest BCUT2D eigenvalue weighted by atomic mass is 9.81. The number of aliphatic hydroxyl groups is 1. The van der Waals surface area contributed by atoms with E-state index in [1.807, 2.05) is 39.7 Å². The van der Waals surface area contributed by atoms with Crippen LogP contribution < -0.4 is 20.3 Å². The number of hydroxylamine groups is 1. The van der Waals surface area contributed by atoms with Gasteiger partial charge in [0.15, 0.2) is 27.3 Å². The highest BCUT2D eigenvalue weighted by Gasteiger charge is 2.34. The van der Waals surface area contributed by atoms with Crippen molar-refractivity contribution in [2.24, 2.45) is 17.8 Å². The van der Waals surface area contributed by atoms with Crippen LogP contribution in [0.1, 0.15) is 73.3 Å². The number of hydrogen-bond acceptors (Lipinski definition) is 9. The third-order valence-electron chi connectivity index (χ3n) is 6.68. The molecule has 0 radical (unpaired) electrons. The van der Waals surface area contributed by atoms with Gasteiger partial charge in [-0.2, -0.15) is 5.48 Å². The van der Waals surface area contributed by atoms with Gasteiger partial charge in [-0.25, -0.2) is 13.2 Å². The van der Waals surface area contributed by atoms with Gasteiger partial charge < -0.3 is 19.9 Å². The molecule has 0 unspecified atom stereocenters. The maximum Gasteiger partial charge on any atom is 0.227 e. The van der Waals surface area contributed by atoms with Crippen LogP contribution in [0.5, 0.6) is 11.5 Å². The molecule has 41 heavy (non-hydrogen) atoms. The number of amides is 1. The first-order valence-corrected chi connectivity index (χ1v) is 16.2. The third-order valence-corrected chi connectivity index (χ3v) is 7.22. The molecule has 3 N–H and O–H groups in total. The molecule has 234 valence electrons. The molecule has 0 fully saturated rings. The van der Waals surface area contributed by atoms with E-state index in [4.69, 9.17) is 14.3 Å². The summed E-state index contributed by atoms with van der Waals surface area (Å²) in [5.74, 6) is 1.02. The monoisotopic (exact) mass is 598 g/mol. The Kier molecular flexibility index (Phi) is 15.1. The highest BCUT2D eigenvalue weighted by molar-refractivity contribution is 7.90. The number of nitrogens with one attached hydrogen (secondary N) is 2. The lowest BCUT2D eigenvalue weighted by Gasteiger charge is -2.33. The second-order valence-corrected chi connectivity index (χ2v) is 14.0. The molecule has 1 amide bonds. The molecule has 0 heterocycles. The van der Waals surface area contributed by atoms with Gasteiger partial charge in [0.05, 0.1) is 30.2 Å². The number of sulfone groups is 1. The van der Waals surface area contributed by atoms with E-state index in [0.717, 1.165) is 24.7 Å². The zero-order chi connectivity index (χ0) is 31.4. The Bertz CT molecular complexity index is 1120. The Balaban J connectivity index is 3.27. The van der Waals surface area contributed by atoms with E-state index in [2.05, 4.69) is 24.6 Å². The van der Waals surface area contributed by atoms with E-state index in [0.29, 0.717) is 30.9 Å². The average molecular weight is 599 g/mol. The third kappa shape index (κ3) is 13.4. The number of rotatable bonds is 18. The van der Waals surface area contributed by atoms with Crippen molar-refractivity contribution in [2.45, 2.75) is 91.9 Å². The van der Waals surface area contributed by atoms with E-state index < -0.39 is 39.4 Å². The van der Waals surface area contributed by atoms with Crippen molar-refractivity contribution in [3.8, 4) is 11.5 Å². The quantitative estimate of drug-likeness (QED) is 0.131. The maximum absolute atomic E-state index is 12.7. The van der Waals surface area contributed by atoms with Crippen LogP contribution in [0, 0.1) is 17.8 Å². The molecular formula is C30H50N2O8S. The first-order valence-electron chi connectivity index (χ1n) is 14.1. The van der Waals surface area contributed by atoms with Crippen LogP contribution in [-0.2, 0) is 30.7 Å². The number of methoxy groups -OCH3 is 1. The van der Waals surface area contributed by atoms with Crippen molar-refractivity contribution >= 4 is 21.7 Å². The lowest BCUT2D eigenvalue weighted by Crippen LogP contribution is -2.48. The zero-order valence-corrected chi connectivity index (χ0v) is 26.9. The molecule has 0 aliphatic rings. The summed E-state index contributed by atoms with van der Waals surface area (Å²) in [7, 11) is -1.88. The lowest BCUT2D eigenvalue weighted by molar-refractivity contribution is -0.124. The topological polar surface area (TPSA) is 140 Å². The standard InChI is InChI=1S/C30H50N2O8S/c1-10-11-14-31-29(35)21(4)24(18-33)28(34)25(32-40-30(5,6)7)17-23(20(2)3)15-22-12-13-26(38-8)27(16-22)39-19-41(9,36)37/h12-13,16,20-21,23,25,28,32,34H,10-11,14-15,17,19H2,1-9H3,(H,31,35)/t21-,23+,25+,28+/m1/s1. The summed E-state index contributed by atoms with van der Waals surface area (Å²) in [4.78, 5) is 30.6. The summed E-state index contributed by atoms with van der Waals surface area (Å²) in [6.45, 7) is 13.8. The Morgan fingerprint density at radius 3 is 2.32 bits per heavy atom. The molecule has 0 saturated carbocycles. The molecule has 1 aromatic carbocycles. The Hall–Kier alpha value is -2.43. The number of aliphatic hydroxyl groups excluding tert-OH is 1. The largest absolute Gasteiger partial charge is 0.493 e. The van der Waals surface area contributed by atoms with Crippen molar-refractivity contribution < 1.29 is 37.4 Å². The molecule has 0 bridgehead atoms. The summed E-state index contributed by atoms with van der Waals surface area (Å²) in [5, 5.41) is 14.2. The predicted molar refractivity (Wildman–Crippen MR) is 160 cm³/mol. The summed E-state index contributed by atoms with van der Waals surface area (Å²) in [6, 6.07) is 4.64. The van der Waals surface area contributed by atoms with Gasteiger partial charge in [-0.15, -0.1) is 0 Å². The Morgan fingerprint density at radius 1 is 1.15 bits per heavy atom. The molecule has 0 saturated heterocycles. The molecule has 0 aliphatic carbocycles. The van der Waals surface area contributed by atoms with Crippen molar-refractivity contribution in [1.82, 2.24) is 10.8 Å². The van der Waals surface area contributed by atoms with Crippen molar-refractivity contribution in [3.05, 3.63) is 29.3 Å². The SMILES string of the molecule is CCCCNC(=O)[C@H](C)C(=C=O)[C@H](O)[C@H](C[C@H](Cc1ccc(OC)c(OCS(C)(=O)=O)c1)C(C)C)NOC(C)(C)C. The second-order valence-electron chi connectivity index (χ2n) is 11.9. The number of unbranched alkanes of at least 4 members (excludes halogenated alkanes) is 1. The molecular weight excluding hydrogens is 548 g/mol. The van der Waals surface area contributed by atoms with Gasteiger partial charge in [0.2, 0.25) is 5.91 Å². The predicted octanol–water partition coefficient (Wildman–Crippen LogP) is 3.64. The maximum atomic E-state index is 12.7. The first-order chi connectivity index (χ1) is 19.0. The molecule has 0 aromatic heterocycles. The minimum atomic E-state index is -3.36. The van der Waals surface area contributed by atoms with Gasteiger partial charge in [-0.3, -0.25) is 9.63 Å². The number of ether oxygens (including phenoxy) is 2. The number of carbonyl (C=O) groups is 1. The van der Waals surface area contributed by atoms with Crippen LogP contribution in [0.4, 0.5) is 0 Å². The number of hydrogen-bond donors (Lipinski definition) is 3. The van der Waals surface area contributed by atoms with E-state index in [-0.39, 0.29) is 23.3 Å². The summed E-state index contributed by atoms with van der Waals surface area (Å²) < 4.78 is 34.2. The molecule has 11 heteroatoms. The summed E-state index contributed by atoms with van der Waals surface area (Å²) in [6.07, 6.45) is 2.45. The molecule has 1 aromatic rings. The van der Waals surface area contributed by atoms with Gasteiger partial charge >= 0.3 is 0 Å². The highest BCUT2D eigenvalue weighted by atomic mass is 32.2. The van der Waals surface area contributed by atoms with Gasteiger partial charge in [0.1, 0.15) is 12.0 Å². The van der Waals surface area contributed by atoms with E-state index in [1.165, 1.54) is 7.11 Å². The van der Waals surface area contributed by atoms with Crippen LogP contribution in [-0.4, -0.2) is 69.0 Å². The van der Waals surface area contributed by atoms with Gasteiger partial charge in [-0.1, -0.05) is 33.3 Å². The van der Waals surface area contributed by atoms with E-state index in [9.17, 15) is 23.1 Å². The fraction of sp³-hybridized carbons (Fsp3) is 0.700. The highest BCUT2D eigenvalue weighted by Crippen LogP contribution is 2.32. The van der Waals surface area contributed by atoms with Crippen molar-refractivity contribution in [1.29, 1.82) is 0 Å². The second kappa shape index (κ2) is 16.9. The van der Waals surface area contributed by atoms with Crippen LogP contribution >= 0.6 is 0 Å². The van der Waals surface area contributed by atoms with Gasteiger partial charge in [-0.05, 0) is 76.5 Å². The van der Waals surface area contributed by atoms with Gasteiger partial charge in [0.25, 0.3) is 0 Å². The van der Waals surface area contributed by atoms with Crippen molar-refractivity contribution in [2.75, 3.05) is 25.8 Å². The Labute approximate surface area is 246 Å².